The molecule has 2 rings (SSSR count). The molecule has 15 heavy (non-hydrogen) atoms. The van der Waals surface area contributed by atoms with Crippen LogP contribution in [0.4, 0.5) is 0 Å². The minimum absolute atomic E-state index is 0.573. The van der Waals surface area contributed by atoms with E-state index in [9.17, 15) is 0 Å². The zero-order valence-electron chi connectivity index (χ0n) is 8.79. The number of hydrogen-bond acceptors (Lipinski definition) is 2. The van der Waals surface area contributed by atoms with E-state index < -0.39 is 0 Å². The van der Waals surface area contributed by atoms with Crippen LogP contribution in [0, 0.1) is 10.6 Å². The van der Waals surface area contributed by atoms with Crippen molar-refractivity contribution in [3.63, 3.8) is 0 Å². The average Bonchev–Trinajstić information content (AvgIpc) is 2.22. The van der Waals surface area contributed by atoms with Crippen molar-refractivity contribution in [2.24, 2.45) is 5.92 Å². The van der Waals surface area contributed by atoms with Gasteiger partial charge in [0, 0.05) is 12.1 Å². The van der Waals surface area contributed by atoms with E-state index in [-0.39, 0.29) is 0 Å². The summed E-state index contributed by atoms with van der Waals surface area (Å²) in [6, 6.07) is 0. The fourth-order valence-corrected chi connectivity index (χ4v) is 2.64. The Hall–Kier alpha value is -0.220. The molecule has 2 nitrogen and oxygen atoms in total. The second-order valence-electron chi connectivity index (χ2n) is 4.41. The second kappa shape index (κ2) is 4.74. The van der Waals surface area contributed by atoms with Crippen molar-refractivity contribution < 1.29 is 0 Å². The third kappa shape index (κ3) is 2.67. The third-order valence-corrected chi connectivity index (χ3v) is 4.28. The Balaban J connectivity index is 2.21. The fraction of sp³-hybridized carbons (Fsp3) is 0.636. The first-order valence-electron chi connectivity index (χ1n) is 5.41. The second-order valence-corrected chi connectivity index (χ2v) is 5.68. The van der Waals surface area contributed by atoms with E-state index >= 15 is 0 Å². The minimum Gasteiger partial charge on any atom is -0.334 e. The zero-order chi connectivity index (χ0) is 10.8. The molecule has 0 bridgehead atoms. The number of rotatable bonds is 1. The summed E-state index contributed by atoms with van der Waals surface area (Å²) in [6.45, 7) is 2.32. The molecular formula is C11H15BrN2S. The molecule has 1 saturated carbocycles. The standard InChI is InChI=1S/C11H15BrN2S/c1-7-3-2-4-8(5-7)10-13-6-9(12)11(15)14-10/h6-8H,2-5H2,1H3,(H,13,14,15). The van der Waals surface area contributed by atoms with E-state index in [1.54, 1.807) is 0 Å². The molecule has 1 aromatic heterocycles. The van der Waals surface area contributed by atoms with Crippen molar-refractivity contribution in [3.8, 4) is 0 Å². The smallest absolute Gasteiger partial charge is 0.120 e. The summed E-state index contributed by atoms with van der Waals surface area (Å²) in [6.07, 6.45) is 6.95. The van der Waals surface area contributed by atoms with E-state index in [0.717, 1.165) is 20.9 Å². The number of H-pyrrole nitrogens is 1. The lowest BCUT2D eigenvalue weighted by Crippen LogP contribution is -2.14. The van der Waals surface area contributed by atoms with Crippen LogP contribution in [0.5, 0.6) is 0 Å². The van der Waals surface area contributed by atoms with Gasteiger partial charge in [0.1, 0.15) is 10.5 Å². The van der Waals surface area contributed by atoms with Crippen LogP contribution in [0.2, 0.25) is 0 Å². The van der Waals surface area contributed by atoms with Crippen molar-refractivity contribution in [2.75, 3.05) is 0 Å². The Kier molecular flexibility index (Phi) is 3.57. The topological polar surface area (TPSA) is 28.7 Å². The first-order chi connectivity index (χ1) is 7.16. The van der Waals surface area contributed by atoms with Crippen LogP contribution in [0.25, 0.3) is 0 Å². The summed E-state index contributed by atoms with van der Waals surface area (Å²) in [5, 5.41) is 0. The zero-order valence-corrected chi connectivity index (χ0v) is 11.2. The van der Waals surface area contributed by atoms with Gasteiger partial charge in [0.2, 0.25) is 0 Å². The summed E-state index contributed by atoms with van der Waals surface area (Å²) >= 11 is 8.56. The predicted octanol–water partition coefficient (Wildman–Crippen LogP) is 4.20. The van der Waals surface area contributed by atoms with Gasteiger partial charge in [0.15, 0.2) is 0 Å². The van der Waals surface area contributed by atoms with Crippen molar-refractivity contribution in [2.45, 2.75) is 38.5 Å². The Bertz CT molecular complexity index is 402. The van der Waals surface area contributed by atoms with Crippen molar-refractivity contribution >= 4 is 28.1 Å². The summed E-state index contributed by atoms with van der Waals surface area (Å²) < 4.78 is 1.64. The van der Waals surface area contributed by atoms with Crippen LogP contribution in [0.1, 0.15) is 44.3 Å². The maximum Gasteiger partial charge on any atom is 0.120 e. The summed E-state index contributed by atoms with van der Waals surface area (Å²) in [7, 11) is 0. The summed E-state index contributed by atoms with van der Waals surface area (Å²) in [5.41, 5.74) is 0. The molecule has 0 aliphatic heterocycles. The Morgan fingerprint density at radius 2 is 2.33 bits per heavy atom. The van der Waals surface area contributed by atoms with Gasteiger partial charge in [-0.3, -0.25) is 0 Å². The van der Waals surface area contributed by atoms with Gasteiger partial charge in [0.05, 0.1) is 4.47 Å². The molecule has 2 atom stereocenters. The van der Waals surface area contributed by atoms with Crippen molar-refractivity contribution in [1.29, 1.82) is 0 Å². The molecular weight excluding hydrogens is 272 g/mol. The Morgan fingerprint density at radius 1 is 1.53 bits per heavy atom. The molecule has 1 aliphatic carbocycles. The molecule has 1 fully saturated rings. The van der Waals surface area contributed by atoms with E-state index in [1.165, 1.54) is 25.7 Å². The quantitative estimate of drug-likeness (QED) is 0.784. The van der Waals surface area contributed by atoms with Gasteiger partial charge in [-0.2, -0.15) is 0 Å². The minimum atomic E-state index is 0.573. The van der Waals surface area contributed by atoms with Crippen LogP contribution in [0.3, 0.4) is 0 Å². The van der Waals surface area contributed by atoms with Gasteiger partial charge < -0.3 is 4.98 Å². The molecule has 4 heteroatoms. The summed E-state index contributed by atoms with van der Waals surface area (Å²) in [4.78, 5) is 7.65. The molecule has 0 aromatic carbocycles. The lowest BCUT2D eigenvalue weighted by Gasteiger charge is -2.25. The van der Waals surface area contributed by atoms with Crippen LogP contribution >= 0.6 is 28.1 Å². The maximum absolute atomic E-state index is 5.20. The van der Waals surface area contributed by atoms with Gasteiger partial charge >= 0.3 is 0 Å². The SMILES string of the molecule is CC1CCCC(c2ncc(Br)c(=S)[nH]2)C1. The molecule has 0 amide bonds. The molecule has 1 aromatic rings. The van der Waals surface area contributed by atoms with E-state index in [2.05, 4.69) is 32.8 Å². The van der Waals surface area contributed by atoms with Crippen LogP contribution in [-0.2, 0) is 0 Å². The normalized spacial score (nSPS) is 26.5. The highest BCUT2D eigenvalue weighted by atomic mass is 79.9. The van der Waals surface area contributed by atoms with Crippen LogP contribution in [-0.4, -0.2) is 9.97 Å². The van der Waals surface area contributed by atoms with Gasteiger partial charge in [-0.15, -0.1) is 0 Å². The highest BCUT2D eigenvalue weighted by Crippen LogP contribution is 2.34. The monoisotopic (exact) mass is 286 g/mol. The van der Waals surface area contributed by atoms with E-state index in [0.29, 0.717) is 5.92 Å². The number of hydrogen-bond donors (Lipinski definition) is 1. The van der Waals surface area contributed by atoms with E-state index in [4.69, 9.17) is 12.2 Å². The largest absolute Gasteiger partial charge is 0.334 e. The summed E-state index contributed by atoms with van der Waals surface area (Å²) in [5.74, 6) is 2.45. The first-order valence-corrected chi connectivity index (χ1v) is 6.61. The highest BCUT2D eigenvalue weighted by Gasteiger charge is 2.21. The van der Waals surface area contributed by atoms with Crippen molar-refractivity contribution in [1.82, 2.24) is 9.97 Å². The molecule has 2 unspecified atom stereocenters. The van der Waals surface area contributed by atoms with Crippen molar-refractivity contribution in [3.05, 3.63) is 21.1 Å². The molecule has 1 heterocycles. The third-order valence-electron chi connectivity index (χ3n) is 3.10. The molecule has 1 aliphatic rings. The highest BCUT2D eigenvalue weighted by molar-refractivity contribution is 9.10. The van der Waals surface area contributed by atoms with Gasteiger partial charge in [-0.25, -0.2) is 4.98 Å². The molecule has 0 saturated heterocycles. The number of halogens is 1. The van der Waals surface area contributed by atoms with Gasteiger partial charge in [-0.05, 0) is 34.7 Å². The number of aromatic amines is 1. The molecule has 82 valence electrons. The predicted molar refractivity (Wildman–Crippen MR) is 67.5 cm³/mol. The number of aromatic nitrogens is 2. The Morgan fingerprint density at radius 3 is 3.00 bits per heavy atom. The average molecular weight is 287 g/mol. The van der Waals surface area contributed by atoms with E-state index in [1.807, 2.05) is 6.20 Å². The van der Waals surface area contributed by atoms with Gasteiger partial charge in [-0.1, -0.05) is 32.0 Å². The Labute approximate surface area is 104 Å². The van der Waals surface area contributed by atoms with Gasteiger partial charge in [0.25, 0.3) is 0 Å². The fourth-order valence-electron chi connectivity index (χ4n) is 2.28. The number of nitrogens with zero attached hydrogens (tertiary/aromatic N) is 1. The first kappa shape index (κ1) is 11.3. The van der Waals surface area contributed by atoms with Crippen LogP contribution < -0.4 is 0 Å². The lowest BCUT2D eigenvalue weighted by atomic mass is 9.82. The molecule has 0 spiro atoms. The lowest BCUT2D eigenvalue weighted by molar-refractivity contribution is 0.335. The molecule has 1 N–H and O–H groups in total. The molecule has 0 radical (unpaired) electrons. The van der Waals surface area contributed by atoms with Crippen LogP contribution in [0.15, 0.2) is 10.7 Å². The maximum atomic E-state index is 5.20. The number of nitrogens with one attached hydrogen (secondary N) is 1.